The zero-order valence-electron chi connectivity index (χ0n) is 14.9. The first kappa shape index (κ1) is 19.4. The summed E-state index contributed by atoms with van der Waals surface area (Å²) < 4.78 is 5.13. The number of methoxy groups -OCH3 is 1. The van der Waals surface area contributed by atoms with Crippen LogP contribution in [0.2, 0.25) is 0 Å². The molecule has 1 fully saturated rings. The Morgan fingerprint density at radius 1 is 1.32 bits per heavy atom. The summed E-state index contributed by atoms with van der Waals surface area (Å²) in [7, 11) is 2.04. The predicted molar refractivity (Wildman–Crippen MR) is 111 cm³/mol. The van der Waals surface area contributed by atoms with Gasteiger partial charge in [0.15, 0.2) is 0 Å². The van der Waals surface area contributed by atoms with Gasteiger partial charge in [-0.25, -0.2) is 0 Å². The number of benzene rings is 1. The Labute approximate surface area is 156 Å². The molecule has 1 atom stereocenters. The minimum Gasteiger partial charge on any atom is -0.497 e. The summed E-state index contributed by atoms with van der Waals surface area (Å²) in [5.41, 5.74) is 0.888. The first-order chi connectivity index (χ1) is 11.9. The molecule has 0 aliphatic carbocycles. The molecule has 1 saturated heterocycles. The third-order valence-corrected chi connectivity index (χ3v) is 7.20. The van der Waals surface area contributed by atoms with Crippen LogP contribution in [0.4, 0.5) is 0 Å². The Morgan fingerprint density at radius 3 is 2.48 bits per heavy atom. The topological polar surface area (TPSA) is 41.6 Å². The van der Waals surface area contributed by atoms with Gasteiger partial charge in [-0.2, -0.15) is 4.83 Å². The molecule has 0 spiro atoms. The average Bonchev–Trinajstić information content (AvgIpc) is 3.16. The van der Waals surface area contributed by atoms with Gasteiger partial charge in [-0.1, -0.05) is 30.9 Å². The molecule has 1 aliphatic heterocycles. The highest BCUT2D eigenvalue weighted by atomic mass is 32.3. The molecule has 0 bridgehead atoms. The smallest absolute Gasteiger partial charge is 0.274 e. The summed E-state index contributed by atoms with van der Waals surface area (Å²) in [6.07, 6.45) is 9.70. The molecule has 1 heterocycles. The lowest BCUT2D eigenvalue weighted by Crippen LogP contribution is -2.38. The molecule has 1 aromatic rings. The largest absolute Gasteiger partial charge is 0.497 e. The van der Waals surface area contributed by atoms with Crippen LogP contribution in [0.5, 0.6) is 5.75 Å². The van der Waals surface area contributed by atoms with Crippen molar-refractivity contribution in [2.24, 2.45) is 0 Å². The minimum atomic E-state index is -1.30. The second kappa shape index (κ2) is 7.99. The van der Waals surface area contributed by atoms with Crippen LogP contribution in [0.25, 0.3) is 6.08 Å². The maximum Gasteiger partial charge on any atom is 0.274 e. The molecule has 1 amide bonds. The number of hydrogen-bond donors (Lipinski definition) is 2. The molecule has 1 N–H and O–H groups in total. The fraction of sp³-hybridized carbons (Fsp3) is 0.211. The lowest BCUT2D eigenvalue weighted by Gasteiger charge is -2.25. The molecule has 25 heavy (non-hydrogen) atoms. The first-order valence-electron chi connectivity index (χ1n) is 7.75. The van der Waals surface area contributed by atoms with Crippen LogP contribution in [-0.4, -0.2) is 31.3 Å². The summed E-state index contributed by atoms with van der Waals surface area (Å²) in [6, 6.07) is 7.46. The molecule has 2 rings (SSSR count). The number of hydrogen-bond acceptors (Lipinski definition) is 4. The van der Waals surface area contributed by atoms with E-state index in [1.54, 1.807) is 26.3 Å². The normalized spacial score (nSPS) is 25.4. The Hall–Kier alpha value is -1.89. The molecule has 1 aliphatic rings. The van der Waals surface area contributed by atoms with Crippen LogP contribution in [-0.2, 0) is 4.79 Å². The van der Waals surface area contributed by atoms with Crippen molar-refractivity contribution in [3.8, 4) is 5.75 Å². The van der Waals surface area contributed by atoms with Crippen LogP contribution >= 0.6 is 22.8 Å². The van der Waals surface area contributed by atoms with Gasteiger partial charge in [0, 0.05) is 16.9 Å². The lowest BCUT2D eigenvalue weighted by molar-refractivity contribution is -0.126. The molecule has 1 unspecified atom stereocenters. The van der Waals surface area contributed by atoms with Crippen molar-refractivity contribution >= 4 is 34.8 Å². The molecule has 0 radical (unpaired) electrons. The van der Waals surface area contributed by atoms with Crippen molar-refractivity contribution in [1.82, 2.24) is 9.84 Å². The zero-order chi connectivity index (χ0) is 18.6. The number of nitrogens with one attached hydrogen (secondary N) is 1. The molecule has 0 saturated carbocycles. The molecule has 4 nitrogen and oxygen atoms in total. The molecular formula is C19H24N2O2S2. The minimum absolute atomic E-state index is 0.187. The van der Waals surface area contributed by atoms with Crippen LogP contribution < -0.4 is 9.57 Å². The van der Waals surface area contributed by atoms with Gasteiger partial charge in [0.1, 0.15) is 5.75 Å². The highest BCUT2D eigenvalue weighted by Crippen LogP contribution is 2.77. The number of allylic oxidation sites excluding steroid dienone is 3. The van der Waals surface area contributed by atoms with Crippen molar-refractivity contribution < 1.29 is 9.53 Å². The van der Waals surface area contributed by atoms with E-state index in [4.69, 9.17) is 4.74 Å². The van der Waals surface area contributed by atoms with E-state index < -0.39 is 10.2 Å². The molecular weight excluding hydrogens is 352 g/mol. The third-order valence-electron chi connectivity index (χ3n) is 3.87. The maximum absolute atomic E-state index is 12.6. The molecule has 0 aromatic heterocycles. The van der Waals surface area contributed by atoms with Crippen LogP contribution in [0.1, 0.15) is 12.5 Å². The van der Waals surface area contributed by atoms with Crippen molar-refractivity contribution in [3.63, 3.8) is 0 Å². The molecule has 1 aromatic carbocycles. The zero-order valence-corrected chi connectivity index (χ0v) is 16.7. The van der Waals surface area contributed by atoms with Crippen molar-refractivity contribution in [2.45, 2.75) is 6.92 Å². The Bertz CT molecular complexity index is 766. The van der Waals surface area contributed by atoms with Gasteiger partial charge < -0.3 is 4.74 Å². The molecule has 134 valence electrons. The summed E-state index contributed by atoms with van der Waals surface area (Å²) in [6.45, 7) is 5.75. The number of hydrazine groups is 1. The summed E-state index contributed by atoms with van der Waals surface area (Å²) in [5.74, 6) is 0.585. The Kier molecular flexibility index (Phi) is 6.21. The van der Waals surface area contributed by atoms with Gasteiger partial charge in [-0.3, -0.25) is 9.80 Å². The SMILES string of the molecule is C=CC=C1/C(=C\C)S1(C)NN(C)C(=O)/C(S)=C\c1ccc(OC)cc1. The highest BCUT2D eigenvalue weighted by Gasteiger charge is 2.46. The number of thiol groups is 1. The number of rotatable bonds is 6. The predicted octanol–water partition coefficient (Wildman–Crippen LogP) is 4.27. The second-order valence-electron chi connectivity index (χ2n) is 5.60. The highest BCUT2D eigenvalue weighted by molar-refractivity contribution is 8.45. The monoisotopic (exact) mass is 376 g/mol. The van der Waals surface area contributed by atoms with Crippen molar-refractivity contribution in [3.05, 3.63) is 69.4 Å². The van der Waals surface area contributed by atoms with Gasteiger partial charge >= 0.3 is 0 Å². The second-order valence-corrected chi connectivity index (χ2v) is 8.98. The fourth-order valence-electron chi connectivity index (χ4n) is 2.54. The van der Waals surface area contributed by atoms with Crippen LogP contribution in [0.15, 0.2) is 63.8 Å². The van der Waals surface area contributed by atoms with E-state index in [-0.39, 0.29) is 5.91 Å². The number of ether oxygens (including phenoxy) is 1. The van der Waals surface area contributed by atoms with E-state index in [9.17, 15) is 4.79 Å². The summed E-state index contributed by atoms with van der Waals surface area (Å²) >= 11 is 4.37. The number of nitrogens with zero attached hydrogens (tertiary/aromatic N) is 1. The third kappa shape index (κ3) is 4.21. The maximum atomic E-state index is 12.6. The summed E-state index contributed by atoms with van der Waals surface area (Å²) in [4.78, 5) is 18.7. The van der Waals surface area contributed by atoms with Gasteiger partial charge in [-0.15, -0.1) is 22.8 Å². The van der Waals surface area contributed by atoms with Gasteiger partial charge in [-0.05, 0) is 43.0 Å². The van der Waals surface area contributed by atoms with E-state index in [1.807, 2.05) is 37.3 Å². The number of carbonyl (C=O) groups is 1. The number of carbonyl (C=O) groups excluding carboxylic acids is 1. The van der Waals surface area contributed by atoms with E-state index in [1.165, 1.54) is 14.8 Å². The first-order valence-corrected chi connectivity index (χ1v) is 10.2. The fourth-order valence-corrected chi connectivity index (χ4v) is 5.73. The van der Waals surface area contributed by atoms with Crippen molar-refractivity contribution in [2.75, 3.05) is 20.4 Å². The Morgan fingerprint density at radius 2 is 1.96 bits per heavy atom. The van der Waals surface area contributed by atoms with E-state index in [2.05, 4.69) is 36.4 Å². The quantitative estimate of drug-likeness (QED) is 0.337. The molecule has 6 heteroatoms. The van der Waals surface area contributed by atoms with Gasteiger partial charge in [0.2, 0.25) is 0 Å². The summed E-state index contributed by atoms with van der Waals surface area (Å²) in [5, 5.41) is 1.51. The van der Waals surface area contributed by atoms with E-state index in [0.29, 0.717) is 4.91 Å². The van der Waals surface area contributed by atoms with Crippen LogP contribution in [0.3, 0.4) is 0 Å². The standard InChI is InChI=1S/C19H24N2O2S2/c1-6-8-18-17(7-2)25(18,5)20-21(3)19(22)16(24)13-14-9-11-15(23-4)12-10-14/h6-13,20,24H,1H2,2-5H3/b16-13+,17-7+,18-8?. The Balaban J connectivity index is 2.10. The average molecular weight is 377 g/mol. The van der Waals surface area contributed by atoms with Crippen LogP contribution in [0, 0.1) is 0 Å². The van der Waals surface area contributed by atoms with Crippen molar-refractivity contribution in [1.29, 1.82) is 0 Å². The van der Waals surface area contributed by atoms with E-state index >= 15 is 0 Å². The number of amides is 1. The van der Waals surface area contributed by atoms with Gasteiger partial charge in [0.25, 0.3) is 5.91 Å². The number of likely N-dealkylation sites (N-methyl/N-ethyl adjacent to an activating group) is 1. The lowest BCUT2D eigenvalue weighted by atomic mass is 10.2. The van der Waals surface area contributed by atoms with Gasteiger partial charge in [0.05, 0.1) is 12.0 Å². The van der Waals surface area contributed by atoms with E-state index in [0.717, 1.165) is 11.3 Å².